The Morgan fingerprint density at radius 2 is 2.45 bits per heavy atom. The van der Waals surface area contributed by atoms with Gasteiger partial charge in [-0.1, -0.05) is 0 Å². The van der Waals surface area contributed by atoms with E-state index < -0.39 is 13.2 Å². The van der Waals surface area contributed by atoms with E-state index in [2.05, 4.69) is 10.2 Å². The highest BCUT2D eigenvalue weighted by molar-refractivity contribution is 6.48. The van der Waals surface area contributed by atoms with Crippen LogP contribution in [0.3, 0.4) is 0 Å². The van der Waals surface area contributed by atoms with Gasteiger partial charge >= 0.3 is 7.05 Å². The molecular formula is C5H9BN2O3. The molecule has 0 aromatic heterocycles. The van der Waals surface area contributed by atoms with Gasteiger partial charge in [-0.05, 0) is 13.7 Å². The summed E-state index contributed by atoms with van der Waals surface area (Å²) < 4.78 is 4.91. The minimum atomic E-state index is -0.851. The van der Waals surface area contributed by atoms with Gasteiger partial charge in [0.05, 0.1) is 0 Å². The normalized spacial score (nSPS) is 26.6. The van der Waals surface area contributed by atoms with Gasteiger partial charge in [-0.2, -0.15) is 0 Å². The van der Waals surface area contributed by atoms with E-state index in [1.54, 1.807) is 6.92 Å². The molecule has 0 radical (unpaired) electrons. The molecule has 11 heavy (non-hydrogen) atoms. The molecule has 0 aliphatic carbocycles. The van der Waals surface area contributed by atoms with Crippen LogP contribution in [0.5, 0.6) is 0 Å². The minimum Gasteiger partial charge on any atom is -0.453 e. The summed E-state index contributed by atoms with van der Waals surface area (Å²) in [6, 6.07) is 0.0949. The number of amides is 1. The van der Waals surface area contributed by atoms with Crippen molar-refractivity contribution < 1.29 is 14.6 Å². The lowest BCUT2D eigenvalue weighted by Crippen LogP contribution is -2.24. The van der Waals surface area contributed by atoms with Crippen LogP contribution < -0.4 is 5.32 Å². The van der Waals surface area contributed by atoms with E-state index in [-0.39, 0.29) is 11.9 Å². The number of rotatable bonds is 1. The number of ether oxygens (including phenoxy) is 1. The van der Waals surface area contributed by atoms with Crippen molar-refractivity contribution in [3.63, 3.8) is 0 Å². The molecule has 1 rings (SSSR count). The van der Waals surface area contributed by atoms with E-state index in [0.717, 1.165) is 0 Å². The summed E-state index contributed by atoms with van der Waals surface area (Å²) in [4.78, 5) is 14.4. The van der Waals surface area contributed by atoms with Gasteiger partial charge in [0.25, 0.3) is 11.9 Å². The fraction of sp³-hybridized carbons (Fsp3) is 0.600. The summed E-state index contributed by atoms with van der Waals surface area (Å²) in [5.74, 6) is -0.232. The van der Waals surface area contributed by atoms with Crippen molar-refractivity contribution in [2.45, 2.75) is 19.9 Å². The highest BCUT2D eigenvalue weighted by atomic mass is 16.5. The van der Waals surface area contributed by atoms with Crippen LogP contribution >= 0.6 is 0 Å². The molecule has 0 aromatic carbocycles. The van der Waals surface area contributed by atoms with Crippen molar-refractivity contribution in [1.29, 1.82) is 0 Å². The zero-order valence-electron chi connectivity index (χ0n) is 6.37. The molecule has 0 aromatic rings. The number of carbonyl (C=O) groups excluding carboxylic acids is 1. The van der Waals surface area contributed by atoms with Crippen molar-refractivity contribution in [2.75, 3.05) is 0 Å². The summed E-state index contributed by atoms with van der Waals surface area (Å²) in [5, 5.41) is 11.1. The van der Waals surface area contributed by atoms with E-state index in [1.807, 2.05) is 0 Å². The van der Waals surface area contributed by atoms with Crippen LogP contribution in [-0.2, 0) is 9.53 Å². The van der Waals surface area contributed by atoms with Gasteiger partial charge in [-0.3, -0.25) is 15.0 Å². The van der Waals surface area contributed by atoms with Gasteiger partial charge in [0, 0.05) is 0 Å². The molecule has 1 heterocycles. The lowest BCUT2D eigenvalue weighted by atomic mass is 9.91. The highest BCUT2D eigenvalue weighted by Gasteiger charge is 2.26. The smallest absolute Gasteiger partial charge is 0.433 e. The first kappa shape index (κ1) is 8.07. The molecule has 1 aliphatic rings. The summed E-state index contributed by atoms with van der Waals surface area (Å²) in [6.45, 7) is 3.09. The fourth-order valence-corrected chi connectivity index (χ4v) is 0.690. The maximum Gasteiger partial charge on any atom is 0.433 e. The van der Waals surface area contributed by atoms with Crippen LogP contribution in [0.2, 0.25) is 6.82 Å². The van der Waals surface area contributed by atoms with Crippen molar-refractivity contribution in [3.05, 3.63) is 0 Å². The fourth-order valence-electron chi connectivity index (χ4n) is 0.690. The average molecular weight is 156 g/mol. The van der Waals surface area contributed by atoms with Crippen molar-refractivity contribution in [2.24, 2.45) is 4.90 Å². The summed E-state index contributed by atoms with van der Waals surface area (Å²) in [6.07, 6.45) is -0.507. The van der Waals surface area contributed by atoms with Gasteiger partial charge in [0.2, 0.25) is 0 Å². The summed E-state index contributed by atoms with van der Waals surface area (Å²) >= 11 is 0. The van der Waals surface area contributed by atoms with Crippen molar-refractivity contribution >= 4 is 19.0 Å². The highest BCUT2D eigenvalue weighted by Crippen LogP contribution is 2.00. The lowest BCUT2D eigenvalue weighted by Gasteiger charge is -1.97. The van der Waals surface area contributed by atoms with E-state index in [9.17, 15) is 4.79 Å². The second kappa shape index (κ2) is 2.92. The molecule has 60 valence electrons. The molecular weight excluding hydrogens is 147 g/mol. The van der Waals surface area contributed by atoms with Gasteiger partial charge in [0.1, 0.15) is 0 Å². The first-order chi connectivity index (χ1) is 5.09. The standard InChI is InChI=1S/C5H9BN2O3/c1-3-4(9)7-5(11-3)8-6(2)10/h3,10H,1-2H3,(H,7,8,9). The van der Waals surface area contributed by atoms with Gasteiger partial charge in [-0.25, -0.2) is 0 Å². The Balaban J connectivity index is 2.60. The molecule has 1 saturated heterocycles. The SMILES string of the molecule is CB(O)N=C1NC(=O)C(C)O1. The summed E-state index contributed by atoms with van der Waals surface area (Å²) in [7, 11) is -0.851. The minimum absolute atomic E-state index is 0.0949. The Kier molecular flexibility index (Phi) is 2.14. The summed E-state index contributed by atoms with van der Waals surface area (Å²) in [5.41, 5.74) is 0. The first-order valence-corrected chi connectivity index (χ1v) is 3.33. The van der Waals surface area contributed by atoms with E-state index in [4.69, 9.17) is 9.76 Å². The maximum atomic E-state index is 10.8. The molecule has 6 heteroatoms. The number of nitrogens with one attached hydrogen (secondary N) is 1. The first-order valence-electron chi connectivity index (χ1n) is 3.33. The van der Waals surface area contributed by atoms with Gasteiger partial charge < -0.3 is 9.76 Å². The third-order valence-corrected chi connectivity index (χ3v) is 1.19. The lowest BCUT2D eigenvalue weighted by molar-refractivity contribution is -0.122. The topological polar surface area (TPSA) is 70.9 Å². The second-order valence-electron chi connectivity index (χ2n) is 2.32. The molecule has 1 amide bonds. The Hall–Kier alpha value is -1.04. The van der Waals surface area contributed by atoms with E-state index in [0.29, 0.717) is 0 Å². The van der Waals surface area contributed by atoms with Crippen LogP contribution in [0.1, 0.15) is 6.92 Å². The van der Waals surface area contributed by atoms with Gasteiger partial charge in [-0.15, -0.1) is 0 Å². The molecule has 0 spiro atoms. The van der Waals surface area contributed by atoms with Crippen molar-refractivity contribution in [1.82, 2.24) is 5.32 Å². The van der Waals surface area contributed by atoms with Crippen LogP contribution in [0.15, 0.2) is 4.90 Å². The predicted molar refractivity (Wildman–Crippen MR) is 40.0 cm³/mol. The number of nitrogens with zero attached hydrogens (tertiary/aromatic N) is 1. The Morgan fingerprint density at radius 1 is 1.82 bits per heavy atom. The molecule has 5 nitrogen and oxygen atoms in total. The second-order valence-corrected chi connectivity index (χ2v) is 2.32. The molecule has 1 atom stereocenters. The maximum absolute atomic E-state index is 10.8. The van der Waals surface area contributed by atoms with Crippen LogP contribution in [0, 0.1) is 0 Å². The Bertz CT molecular complexity index is 204. The third-order valence-electron chi connectivity index (χ3n) is 1.19. The molecule has 0 bridgehead atoms. The number of carbonyl (C=O) groups is 1. The third kappa shape index (κ3) is 1.94. The van der Waals surface area contributed by atoms with Crippen LogP contribution in [-0.4, -0.2) is 30.1 Å². The number of amidine groups is 1. The number of hydrogen-bond acceptors (Lipinski definition) is 4. The number of hydrogen-bond donors (Lipinski definition) is 2. The van der Waals surface area contributed by atoms with Crippen LogP contribution in [0.25, 0.3) is 0 Å². The van der Waals surface area contributed by atoms with Crippen LogP contribution in [0.4, 0.5) is 0 Å². The monoisotopic (exact) mass is 156 g/mol. The molecule has 1 fully saturated rings. The molecule has 2 N–H and O–H groups in total. The van der Waals surface area contributed by atoms with Gasteiger partial charge in [0.15, 0.2) is 6.10 Å². The molecule has 0 saturated carbocycles. The van der Waals surface area contributed by atoms with Crippen molar-refractivity contribution in [3.8, 4) is 0 Å². The predicted octanol–water partition coefficient (Wildman–Crippen LogP) is -1.01. The van der Waals surface area contributed by atoms with E-state index >= 15 is 0 Å². The van der Waals surface area contributed by atoms with E-state index in [1.165, 1.54) is 6.82 Å². The zero-order valence-corrected chi connectivity index (χ0v) is 6.37. The largest absolute Gasteiger partial charge is 0.453 e. The molecule has 1 aliphatic heterocycles. The average Bonchev–Trinajstić information content (AvgIpc) is 2.10. The Morgan fingerprint density at radius 3 is 2.82 bits per heavy atom. The quantitative estimate of drug-likeness (QED) is 0.477. The Labute approximate surface area is 64.6 Å². The molecule has 1 unspecified atom stereocenters. The zero-order chi connectivity index (χ0) is 8.43.